The molecule has 0 spiro atoms. The Morgan fingerprint density at radius 1 is 1.21 bits per heavy atom. The van der Waals surface area contributed by atoms with E-state index in [0.717, 1.165) is 16.5 Å². The molecule has 0 radical (unpaired) electrons. The van der Waals surface area contributed by atoms with Gasteiger partial charge in [-0.25, -0.2) is 0 Å². The van der Waals surface area contributed by atoms with Crippen LogP contribution in [0.4, 0.5) is 0 Å². The Balaban J connectivity index is 2.11. The maximum absolute atomic E-state index is 12.1. The van der Waals surface area contributed by atoms with Crippen LogP contribution >= 0.6 is 0 Å². The molecule has 0 bridgehead atoms. The number of H-pyrrole nitrogens is 1. The summed E-state index contributed by atoms with van der Waals surface area (Å²) < 4.78 is 0. The molecule has 96 valence electrons. The van der Waals surface area contributed by atoms with Crippen molar-refractivity contribution in [3.8, 4) is 0 Å². The molecule has 1 aromatic heterocycles. The Labute approximate surface area is 110 Å². The Kier molecular flexibility index (Phi) is 2.41. The first-order valence-electron chi connectivity index (χ1n) is 5.98. The summed E-state index contributed by atoms with van der Waals surface area (Å²) in [6.07, 6.45) is 3.69. The van der Waals surface area contributed by atoms with Gasteiger partial charge in [0, 0.05) is 36.8 Å². The highest BCUT2D eigenvalue weighted by Gasteiger charge is 2.33. The summed E-state index contributed by atoms with van der Waals surface area (Å²) in [7, 11) is 3.33. The van der Waals surface area contributed by atoms with Crippen molar-refractivity contribution < 1.29 is 4.79 Å². The van der Waals surface area contributed by atoms with Crippen LogP contribution in [0.25, 0.3) is 17.0 Å². The van der Waals surface area contributed by atoms with Crippen LogP contribution in [0.1, 0.15) is 5.56 Å². The van der Waals surface area contributed by atoms with Crippen LogP contribution in [0.15, 0.2) is 36.2 Å². The number of hydrogen-bond acceptors (Lipinski definition) is 2. The Bertz CT molecular complexity index is 713. The van der Waals surface area contributed by atoms with Gasteiger partial charge in [-0.2, -0.15) is 0 Å². The molecule has 5 nitrogen and oxygen atoms in total. The molecule has 1 fully saturated rings. The van der Waals surface area contributed by atoms with Crippen molar-refractivity contribution >= 4 is 28.8 Å². The van der Waals surface area contributed by atoms with E-state index in [1.807, 2.05) is 36.5 Å². The lowest BCUT2D eigenvalue weighted by atomic mass is 10.1. The molecule has 2 N–H and O–H groups in total. The molecule has 2 heterocycles. The minimum absolute atomic E-state index is 0.155. The highest BCUT2D eigenvalue weighted by Crippen LogP contribution is 2.24. The summed E-state index contributed by atoms with van der Waals surface area (Å²) in [6, 6.07) is 7.93. The van der Waals surface area contributed by atoms with Gasteiger partial charge >= 0.3 is 0 Å². The molecule has 0 atom stereocenters. The number of hydrogen-bond donors (Lipinski definition) is 2. The molecule has 0 aliphatic carbocycles. The van der Waals surface area contributed by atoms with Crippen molar-refractivity contribution in [2.24, 2.45) is 0 Å². The van der Waals surface area contributed by atoms with Gasteiger partial charge in [-0.15, -0.1) is 0 Å². The van der Waals surface area contributed by atoms with Gasteiger partial charge in [0.05, 0.1) is 0 Å². The lowest BCUT2D eigenvalue weighted by molar-refractivity contribution is -0.121. The monoisotopic (exact) mass is 254 g/mol. The normalized spacial score (nSPS) is 18.1. The zero-order valence-corrected chi connectivity index (χ0v) is 10.8. The number of aromatic amines is 1. The number of benzene rings is 1. The van der Waals surface area contributed by atoms with E-state index < -0.39 is 0 Å². The van der Waals surface area contributed by atoms with E-state index in [9.17, 15) is 4.79 Å². The third-order valence-corrected chi connectivity index (χ3v) is 3.43. The van der Waals surface area contributed by atoms with Crippen LogP contribution in [-0.2, 0) is 4.79 Å². The number of carbonyl (C=O) groups is 1. The van der Waals surface area contributed by atoms with E-state index >= 15 is 0 Å². The molecule has 0 unspecified atom stereocenters. The first-order valence-corrected chi connectivity index (χ1v) is 5.98. The van der Waals surface area contributed by atoms with Crippen molar-refractivity contribution in [3.63, 3.8) is 0 Å². The average Bonchev–Trinajstić information content (AvgIpc) is 2.91. The van der Waals surface area contributed by atoms with E-state index in [4.69, 9.17) is 5.41 Å². The van der Waals surface area contributed by atoms with Gasteiger partial charge in [-0.3, -0.25) is 15.1 Å². The second-order valence-electron chi connectivity index (χ2n) is 4.57. The second-order valence-corrected chi connectivity index (χ2v) is 4.57. The summed E-state index contributed by atoms with van der Waals surface area (Å²) in [5, 5.41) is 8.86. The summed E-state index contributed by atoms with van der Waals surface area (Å²) in [4.78, 5) is 18.1. The molecule has 1 aromatic carbocycles. The third kappa shape index (κ3) is 1.62. The minimum atomic E-state index is -0.155. The van der Waals surface area contributed by atoms with Crippen LogP contribution in [0, 0.1) is 5.41 Å². The fourth-order valence-corrected chi connectivity index (χ4v) is 2.27. The van der Waals surface area contributed by atoms with Gasteiger partial charge in [-0.1, -0.05) is 18.2 Å². The molecule has 1 aliphatic heterocycles. The lowest BCUT2D eigenvalue weighted by Gasteiger charge is -2.10. The van der Waals surface area contributed by atoms with E-state index in [1.165, 1.54) is 4.90 Å². The number of aromatic nitrogens is 1. The van der Waals surface area contributed by atoms with Crippen LogP contribution in [0.5, 0.6) is 0 Å². The molecule has 1 saturated heterocycles. The molecule has 0 saturated carbocycles. The van der Waals surface area contributed by atoms with E-state index in [0.29, 0.717) is 5.70 Å². The predicted molar refractivity (Wildman–Crippen MR) is 74.5 cm³/mol. The number of carbonyl (C=O) groups excluding carboxylic acids is 1. The largest absolute Gasteiger partial charge is 0.361 e. The Morgan fingerprint density at radius 2 is 1.95 bits per heavy atom. The fraction of sp³-hybridized carbons (Fsp3) is 0.143. The molecule has 3 rings (SSSR count). The topological polar surface area (TPSA) is 63.2 Å². The molecular weight excluding hydrogens is 240 g/mol. The van der Waals surface area contributed by atoms with Gasteiger partial charge < -0.3 is 9.88 Å². The maximum atomic E-state index is 12.1. The molecule has 19 heavy (non-hydrogen) atoms. The SMILES string of the molecule is CN1C(=N)N(C)C(=Cc2c[nH]c3ccccc23)C1=O. The smallest absolute Gasteiger partial charge is 0.277 e. The molecule has 1 aliphatic rings. The number of nitrogens with zero attached hydrogens (tertiary/aromatic N) is 2. The predicted octanol–water partition coefficient (Wildman–Crippen LogP) is 1.85. The zero-order chi connectivity index (χ0) is 13.6. The van der Waals surface area contributed by atoms with E-state index in [2.05, 4.69) is 4.98 Å². The average molecular weight is 254 g/mol. The van der Waals surface area contributed by atoms with Crippen molar-refractivity contribution in [2.45, 2.75) is 0 Å². The second kappa shape index (κ2) is 3.98. The van der Waals surface area contributed by atoms with Gasteiger partial charge in [0.25, 0.3) is 5.91 Å². The van der Waals surface area contributed by atoms with Crippen LogP contribution in [0.2, 0.25) is 0 Å². The highest BCUT2D eigenvalue weighted by atomic mass is 16.2. The quantitative estimate of drug-likeness (QED) is 0.763. The van der Waals surface area contributed by atoms with Crippen molar-refractivity contribution in [1.82, 2.24) is 14.8 Å². The lowest BCUT2D eigenvalue weighted by Crippen LogP contribution is -2.27. The van der Waals surface area contributed by atoms with Gasteiger partial charge in [-0.05, 0) is 12.1 Å². The van der Waals surface area contributed by atoms with Crippen LogP contribution < -0.4 is 0 Å². The maximum Gasteiger partial charge on any atom is 0.277 e. The summed E-state index contributed by atoms with van der Waals surface area (Å²) >= 11 is 0. The first-order chi connectivity index (χ1) is 9.09. The molecule has 2 aromatic rings. The highest BCUT2D eigenvalue weighted by molar-refractivity contribution is 6.14. The standard InChI is InChI=1S/C14H14N4O/c1-17-12(13(19)18(2)14(17)15)7-9-8-16-11-6-4-3-5-10(9)11/h3-8,15-16H,1-2H3. The third-order valence-electron chi connectivity index (χ3n) is 3.43. The van der Waals surface area contributed by atoms with Crippen molar-refractivity contribution in [3.05, 3.63) is 41.7 Å². The summed E-state index contributed by atoms with van der Waals surface area (Å²) in [5.74, 6) is 0.0360. The molecule has 1 amide bonds. The number of para-hydroxylation sites is 1. The number of likely N-dealkylation sites (N-methyl/N-ethyl adjacent to an activating group) is 2. The van der Waals surface area contributed by atoms with Crippen molar-refractivity contribution in [2.75, 3.05) is 14.1 Å². The fourth-order valence-electron chi connectivity index (χ4n) is 2.27. The van der Waals surface area contributed by atoms with Crippen LogP contribution in [-0.4, -0.2) is 40.7 Å². The molecule has 5 heteroatoms. The van der Waals surface area contributed by atoms with Crippen LogP contribution in [0.3, 0.4) is 0 Å². The van der Waals surface area contributed by atoms with E-state index in [1.54, 1.807) is 19.0 Å². The van der Waals surface area contributed by atoms with Gasteiger partial charge in [0.2, 0.25) is 5.96 Å². The number of guanidine groups is 1. The number of rotatable bonds is 1. The summed E-state index contributed by atoms with van der Waals surface area (Å²) in [5.41, 5.74) is 2.50. The number of fused-ring (bicyclic) bond motifs is 1. The Hall–Kier alpha value is -2.56. The van der Waals surface area contributed by atoms with Gasteiger partial charge in [0.1, 0.15) is 5.70 Å². The zero-order valence-electron chi connectivity index (χ0n) is 10.8. The number of nitrogens with one attached hydrogen (secondary N) is 2. The minimum Gasteiger partial charge on any atom is -0.361 e. The van der Waals surface area contributed by atoms with Gasteiger partial charge in [0.15, 0.2) is 0 Å². The van der Waals surface area contributed by atoms with E-state index in [-0.39, 0.29) is 11.9 Å². The number of amides is 1. The summed E-state index contributed by atoms with van der Waals surface area (Å²) in [6.45, 7) is 0. The first kappa shape index (κ1) is 11.5. The Morgan fingerprint density at radius 3 is 2.63 bits per heavy atom. The van der Waals surface area contributed by atoms with Crippen molar-refractivity contribution in [1.29, 1.82) is 5.41 Å². The molecular formula is C14H14N4O.